The van der Waals surface area contributed by atoms with Crippen LogP contribution in [-0.2, 0) is 4.79 Å². The van der Waals surface area contributed by atoms with Crippen molar-refractivity contribution in [2.75, 3.05) is 46.5 Å². The Labute approximate surface area is 182 Å². The first-order chi connectivity index (χ1) is 13.4. The van der Waals surface area contributed by atoms with Crippen LogP contribution in [0.1, 0.15) is 39.5 Å². The normalized spacial score (nSPS) is 23.2. The van der Waals surface area contributed by atoms with E-state index < -0.39 is 0 Å². The number of allylic oxidation sites excluding steroid dienone is 4. The summed E-state index contributed by atoms with van der Waals surface area (Å²) in [6.45, 7) is 12.7. The molecule has 0 aliphatic carbocycles. The molecule has 2 unspecified atom stereocenters. The Morgan fingerprint density at radius 1 is 1.32 bits per heavy atom. The Kier molecular flexibility index (Phi) is 14.7. The van der Waals surface area contributed by atoms with E-state index in [2.05, 4.69) is 42.2 Å². The van der Waals surface area contributed by atoms with Crippen LogP contribution >= 0.6 is 23.4 Å². The Balaban J connectivity index is 0.000000618. The van der Waals surface area contributed by atoms with Crippen molar-refractivity contribution in [3.05, 3.63) is 35.5 Å². The van der Waals surface area contributed by atoms with Gasteiger partial charge < -0.3 is 20.3 Å². The highest BCUT2D eigenvalue weighted by Gasteiger charge is 2.42. The standard InChI is InChI=1S/C15H23ClN2.C6H12OS.CH5N/c1-4-5-6-14(13(2)16)18-10-8-15(12-18)7-9-17(3)11-15;1-3-4-6(5-7)8-2;1-2/h4-6H,2,7-12H2,1,3H3;5-6H,3-4H2,1-2H3;2H2,1H3/b5-4-,14-6+;;. The summed E-state index contributed by atoms with van der Waals surface area (Å²) in [7, 11) is 3.72. The lowest BCUT2D eigenvalue weighted by atomic mass is 9.86. The predicted octanol–water partition coefficient (Wildman–Crippen LogP) is 4.52. The Hall–Kier alpha value is -0.750. The fraction of sp³-hybridized carbons (Fsp3) is 0.682. The van der Waals surface area contributed by atoms with Crippen molar-refractivity contribution in [3.63, 3.8) is 0 Å². The van der Waals surface area contributed by atoms with Crippen LogP contribution in [0, 0.1) is 5.41 Å². The van der Waals surface area contributed by atoms with E-state index in [1.807, 2.05) is 25.3 Å². The number of carbonyl (C=O) groups is 1. The number of hydrogen-bond acceptors (Lipinski definition) is 5. The van der Waals surface area contributed by atoms with E-state index in [0.29, 0.717) is 10.4 Å². The smallest absolute Gasteiger partial charge is 0.132 e. The minimum absolute atomic E-state index is 0.236. The molecule has 0 bridgehead atoms. The van der Waals surface area contributed by atoms with Gasteiger partial charge in [-0.1, -0.05) is 43.7 Å². The van der Waals surface area contributed by atoms with Crippen molar-refractivity contribution < 1.29 is 4.79 Å². The van der Waals surface area contributed by atoms with E-state index in [4.69, 9.17) is 11.6 Å². The zero-order valence-corrected chi connectivity index (χ0v) is 20.0. The summed E-state index contributed by atoms with van der Waals surface area (Å²) >= 11 is 7.76. The van der Waals surface area contributed by atoms with Crippen LogP contribution in [0.5, 0.6) is 0 Å². The number of halogens is 1. The van der Waals surface area contributed by atoms with Crippen molar-refractivity contribution in [2.24, 2.45) is 11.1 Å². The number of carbonyl (C=O) groups excluding carboxylic acids is 1. The molecule has 0 aromatic rings. The lowest BCUT2D eigenvalue weighted by Gasteiger charge is -2.26. The second kappa shape index (κ2) is 15.1. The molecule has 4 nitrogen and oxygen atoms in total. The molecule has 2 aliphatic rings. The second-order valence-corrected chi connectivity index (χ2v) is 8.87. The highest BCUT2D eigenvalue weighted by Crippen LogP contribution is 2.41. The van der Waals surface area contributed by atoms with E-state index in [1.54, 1.807) is 11.8 Å². The van der Waals surface area contributed by atoms with Gasteiger partial charge >= 0.3 is 0 Å². The molecule has 2 rings (SSSR count). The van der Waals surface area contributed by atoms with Crippen LogP contribution in [-0.4, -0.2) is 67.9 Å². The zero-order chi connectivity index (χ0) is 21.6. The SMILES string of the molecule is C=C(Cl)/C(=C\C=C/C)N1CCC2(CCN(C)C2)C1.CCCC(C=O)SC.CN. The van der Waals surface area contributed by atoms with Gasteiger partial charge in [-0.25, -0.2) is 0 Å². The molecule has 0 radical (unpaired) electrons. The van der Waals surface area contributed by atoms with Crippen LogP contribution in [0.25, 0.3) is 0 Å². The third-order valence-corrected chi connectivity index (χ3v) is 6.31. The minimum atomic E-state index is 0.236. The first-order valence-corrected chi connectivity index (χ1v) is 11.7. The fourth-order valence-corrected chi connectivity index (χ4v) is 4.48. The molecule has 2 saturated heterocycles. The van der Waals surface area contributed by atoms with Gasteiger partial charge in [-0.05, 0) is 59.2 Å². The van der Waals surface area contributed by atoms with Crippen LogP contribution < -0.4 is 5.73 Å². The molecule has 2 aliphatic heterocycles. The lowest BCUT2D eigenvalue weighted by Crippen LogP contribution is -2.29. The molecule has 2 atom stereocenters. The number of thioether (sulfide) groups is 1. The van der Waals surface area contributed by atoms with Gasteiger partial charge in [-0.3, -0.25) is 0 Å². The van der Waals surface area contributed by atoms with E-state index >= 15 is 0 Å². The van der Waals surface area contributed by atoms with Gasteiger partial charge in [0.1, 0.15) is 6.29 Å². The maximum atomic E-state index is 10.1. The molecule has 2 fully saturated rings. The number of nitrogens with zero attached hydrogens (tertiary/aromatic N) is 2. The lowest BCUT2D eigenvalue weighted by molar-refractivity contribution is -0.107. The van der Waals surface area contributed by atoms with Crippen molar-refractivity contribution in [2.45, 2.75) is 44.8 Å². The molecule has 6 heteroatoms. The van der Waals surface area contributed by atoms with E-state index in [-0.39, 0.29) is 5.25 Å². The molecule has 0 saturated carbocycles. The van der Waals surface area contributed by atoms with Crippen LogP contribution in [0.15, 0.2) is 35.5 Å². The third kappa shape index (κ3) is 9.17. The van der Waals surface area contributed by atoms with Crippen LogP contribution in [0.2, 0.25) is 0 Å². The summed E-state index contributed by atoms with van der Waals surface area (Å²) in [4.78, 5) is 14.9. The number of hydrogen-bond donors (Lipinski definition) is 1. The zero-order valence-electron chi connectivity index (χ0n) is 18.4. The molecule has 0 amide bonds. The molecule has 162 valence electrons. The fourth-order valence-electron chi connectivity index (χ4n) is 3.71. The Morgan fingerprint density at radius 2 is 1.96 bits per heavy atom. The van der Waals surface area contributed by atoms with Gasteiger partial charge in [-0.2, -0.15) is 11.8 Å². The van der Waals surface area contributed by atoms with Gasteiger partial charge in [0.15, 0.2) is 0 Å². The Morgan fingerprint density at radius 3 is 2.36 bits per heavy atom. The summed E-state index contributed by atoms with van der Waals surface area (Å²) in [5.74, 6) is 0. The van der Waals surface area contributed by atoms with Gasteiger partial charge in [0.05, 0.1) is 16.0 Å². The second-order valence-electron chi connectivity index (χ2n) is 7.34. The number of aldehydes is 1. The quantitative estimate of drug-likeness (QED) is 0.476. The van der Waals surface area contributed by atoms with Crippen LogP contribution in [0.4, 0.5) is 0 Å². The summed E-state index contributed by atoms with van der Waals surface area (Å²) in [6.07, 6.45) is 13.8. The van der Waals surface area contributed by atoms with E-state index in [1.165, 1.54) is 33.0 Å². The molecule has 0 aromatic carbocycles. The maximum absolute atomic E-state index is 10.1. The molecular formula is C22H40ClN3OS. The average Bonchev–Trinajstić information content (AvgIpc) is 3.27. The summed E-state index contributed by atoms with van der Waals surface area (Å²) in [5.41, 5.74) is 6.07. The number of rotatable bonds is 7. The van der Waals surface area contributed by atoms with Crippen molar-refractivity contribution in [1.82, 2.24) is 9.80 Å². The summed E-state index contributed by atoms with van der Waals surface area (Å²) < 4.78 is 0. The summed E-state index contributed by atoms with van der Waals surface area (Å²) in [6, 6.07) is 0. The largest absolute Gasteiger partial charge is 0.370 e. The van der Waals surface area contributed by atoms with E-state index in [9.17, 15) is 4.79 Å². The van der Waals surface area contributed by atoms with Crippen molar-refractivity contribution in [3.8, 4) is 0 Å². The van der Waals surface area contributed by atoms with Crippen molar-refractivity contribution >= 4 is 29.6 Å². The molecule has 2 N–H and O–H groups in total. The highest BCUT2D eigenvalue weighted by atomic mass is 35.5. The first kappa shape index (κ1) is 27.2. The third-order valence-electron chi connectivity index (χ3n) is 5.16. The maximum Gasteiger partial charge on any atom is 0.132 e. The number of nitrogens with two attached hydrogens (primary N) is 1. The van der Waals surface area contributed by atoms with Crippen LogP contribution in [0.3, 0.4) is 0 Å². The Bertz CT molecular complexity index is 524. The minimum Gasteiger partial charge on any atom is -0.370 e. The average molecular weight is 430 g/mol. The molecule has 0 aromatic heterocycles. The molecule has 2 heterocycles. The highest BCUT2D eigenvalue weighted by molar-refractivity contribution is 7.99. The van der Waals surface area contributed by atoms with Gasteiger partial charge in [-0.15, -0.1) is 0 Å². The van der Waals surface area contributed by atoms with Crippen molar-refractivity contribution in [1.29, 1.82) is 0 Å². The van der Waals surface area contributed by atoms with Gasteiger partial charge in [0, 0.05) is 25.0 Å². The topological polar surface area (TPSA) is 49.6 Å². The molecule has 28 heavy (non-hydrogen) atoms. The van der Waals surface area contributed by atoms with Gasteiger partial charge in [0.2, 0.25) is 0 Å². The first-order valence-electron chi connectivity index (χ1n) is 10.1. The van der Waals surface area contributed by atoms with E-state index in [0.717, 1.165) is 37.9 Å². The van der Waals surface area contributed by atoms with Gasteiger partial charge in [0.25, 0.3) is 0 Å². The molecular weight excluding hydrogens is 390 g/mol. The monoisotopic (exact) mass is 429 g/mol. The summed E-state index contributed by atoms with van der Waals surface area (Å²) in [5, 5.41) is 0.886. The number of likely N-dealkylation sites (tertiary alicyclic amines) is 2. The predicted molar refractivity (Wildman–Crippen MR) is 127 cm³/mol. The molecule has 1 spiro atoms.